The van der Waals surface area contributed by atoms with Gasteiger partial charge in [0.1, 0.15) is 12.3 Å². The molecule has 4 rings (SSSR count). The second-order valence-electron chi connectivity index (χ2n) is 6.19. The van der Waals surface area contributed by atoms with Crippen LogP contribution in [0.15, 0.2) is 76.9 Å². The Hall–Kier alpha value is -3.45. The van der Waals surface area contributed by atoms with E-state index in [-0.39, 0.29) is 24.9 Å². The molecule has 2 aromatic heterocycles. The summed E-state index contributed by atoms with van der Waals surface area (Å²) >= 11 is 1.47. The molecule has 1 N–H and O–H groups in total. The minimum absolute atomic E-state index is 0.0881. The normalized spacial score (nSPS) is 10.7. The maximum atomic E-state index is 13.1. The Kier molecular flexibility index (Phi) is 5.16. The topological polar surface area (TPSA) is 75.4 Å². The van der Waals surface area contributed by atoms with Crippen molar-refractivity contribution in [3.05, 3.63) is 83.8 Å². The number of aromatic nitrogens is 1. The minimum Gasteiger partial charge on any atom is -0.467 e. The highest BCUT2D eigenvalue weighted by molar-refractivity contribution is 7.16. The third-order valence-electron chi connectivity index (χ3n) is 4.18. The highest BCUT2D eigenvalue weighted by atomic mass is 32.1. The third kappa shape index (κ3) is 4.10. The molecule has 6 nitrogen and oxygen atoms in total. The van der Waals surface area contributed by atoms with E-state index in [0.717, 1.165) is 10.2 Å². The van der Waals surface area contributed by atoms with Crippen LogP contribution < -0.4 is 5.32 Å². The minimum atomic E-state index is -0.273. The number of carbonyl (C=O) groups excluding carboxylic acids is 2. The van der Waals surface area contributed by atoms with Gasteiger partial charge in [0.25, 0.3) is 5.91 Å². The Bertz CT molecular complexity index is 1090. The van der Waals surface area contributed by atoms with Crippen molar-refractivity contribution in [1.82, 2.24) is 9.88 Å². The number of fused-ring (bicyclic) bond motifs is 1. The molecular weight excluding hydrogens is 374 g/mol. The van der Waals surface area contributed by atoms with Crippen molar-refractivity contribution in [2.24, 2.45) is 0 Å². The zero-order chi connectivity index (χ0) is 19.3. The molecule has 2 aromatic carbocycles. The summed E-state index contributed by atoms with van der Waals surface area (Å²) in [5.74, 6) is 0.0969. The lowest BCUT2D eigenvalue weighted by atomic mass is 10.2. The molecular formula is C21H17N3O3S. The molecule has 7 heteroatoms. The highest BCUT2D eigenvalue weighted by Gasteiger charge is 2.21. The summed E-state index contributed by atoms with van der Waals surface area (Å²) in [6.45, 7) is 0.115. The van der Waals surface area contributed by atoms with Crippen LogP contribution in [0.25, 0.3) is 10.2 Å². The van der Waals surface area contributed by atoms with Gasteiger partial charge in [-0.15, -0.1) is 11.3 Å². The summed E-state index contributed by atoms with van der Waals surface area (Å²) in [5.41, 5.74) is 3.79. The fraction of sp³-hybridized carbons (Fsp3) is 0.0952. The first-order chi connectivity index (χ1) is 13.7. The van der Waals surface area contributed by atoms with E-state index in [0.29, 0.717) is 17.0 Å². The van der Waals surface area contributed by atoms with Crippen LogP contribution in [0.2, 0.25) is 0 Å². The van der Waals surface area contributed by atoms with E-state index in [9.17, 15) is 9.59 Å². The van der Waals surface area contributed by atoms with Crippen molar-refractivity contribution >= 4 is 39.1 Å². The first kappa shape index (κ1) is 17.9. The number of carbonyl (C=O) groups is 2. The van der Waals surface area contributed by atoms with Gasteiger partial charge in [-0.05, 0) is 42.5 Å². The van der Waals surface area contributed by atoms with Crippen LogP contribution in [0.5, 0.6) is 0 Å². The summed E-state index contributed by atoms with van der Waals surface area (Å²) in [4.78, 5) is 31.3. The summed E-state index contributed by atoms with van der Waals surface area (Å²) in [7, 11) is 0. The first-order valence-electron chi connectivity index (χ1n) is 8.69. The van der Waals surface area contributed by atoms with Gasteiger partial charge < -0.3 is 14.6 Å². The van der Waals surface area contributed by atoms with Crippen LogP contribution in [0, 0.1) is 0 Å². The number of thiazole rings is 1. The van der Waals surface area contributed by atoms with Crippen molar-refractivity contribution < 1.29 is 14.0 Å². The van der Waals surface area contributed by atoms with Gasteiger partial charge in [-0.1, -0.05) is 18.2 Å². The number of furan rings is 1. The molecule has 0 aliphatic rings. The van der Waals surface area contributed by atoms with Crippen molar-refractivity contribution in [3.63, 3.8) is 0 Å². The van der Waals surface area contributed by atoms with Crippen molar-refractivity contribution in [2.45, 2.75) is 6.54 Å². The number of nitrogens with zero attached hydrogens (tertiary/aromatic N) is 2. The van der Waals surface area contributed by atoms with Gasteiger partial charge in [-0.3, -0.25) is 9.59 Å². The molecule has 140 valence electrons. The van der Waals surface area contributed by atoms with Gasteiger partial charge >= 0.3 is 0 Å². The Balaban J connectivity index is 1.55. The zero-order valence-corrected chi connectivity index (χ0v) is 15.7. The lowest BCUT2D eigenvalue weighted by Crippen LogP contribution is -2.37. The summed E-state index contributed by atoms with van der Waals surface area (Å²) in [6.07, 6.45) is 1.55. The predicted octanol–water partition coefficient (Wildman–Crippen LogP) is 4.17. The number of para-hydroxylation sites is 1. The van der Waals surface area contributed by atoms with E-state index in [1.165, 1.54) is 16.2 Å². The Morgan fingerprint density at radius 1 is 1.07 bits per heavy atom. The van der Waals surface area contributed by atoms with E-state index in [1.807, 2.05) is 24.3 Å². The number of benzene rings is 2. The maximum absolute atomic E-state index is 13.1. The molecule has 0 unspecified atom stereocenters. The van der Waals surface area contributed by atoms with E-state index in [1.54, 1.807) is 48.2 Å². The molecule has 4 aromatic rings. The molecule has 2 heterocycles. The van der Waals surface area contributed by atoms with Crippen molar-refractivity contribution in [1.29, 1.82) is 0 Å². The van der Waals surface area contributed by atoms with Gasteiger partial charge in [0, 0.05) is 11.3 Å². The largest absolute Gasteiger partial charge is 0.467 e. The van der Waals surface area contributed by atoms with Gasteiger partial charge in [0.15, 0.2) is 0 Å². The summed E-state index contributed by atoms with van der Waals surface area (Å²) < 4.78 is 6.30. The van der Waals surface area contributed by atoms with Crippen LogP contribution in [0.3, 0.4) is 0 Å². The SMILES string of the molecule is O=C(CN(Cc1ccco1)C(=O)c1ccc2ncsc2c1)Nc1ccccc1. The molecule has 0 aliphatic carbocycles. The fourth-order valence-electron chi connectivity index (χ4n) is 2.86. The van der Waals surface area contributed by atoms with Crippen LogP contribution >= 0.6 is 11.3 Å². The monoisotopic (exact) mass is 391 g/mol. The van der Waals surface area contributed by atoms with E-state index < -0.39 is 0 Å². The Morgan fingerprint density at radius 3 is 2.71 bits per heavy atom. The molecule has 0 aliphatic heterocycles. The first-order valence-corrected chi connectivity index (χ1v) is 9.57. The van der Waals surface area contributed by atoms with E-state index in [2.05, 4.69) is 10.3 Å². The smallest absolute Gasteiger partial charge is 0.254 e. The number of rotatable bonds is 6. The quantitative estimate of drug-likeness (QED) is 0.535. The Labute approximate surface area is 165 Å². The summed E-state index contributed by atoms with van der Waals surface area (Å²) in [5, 5.41) is 2.81. The third-order valence-corrected chi connectivity index (χ3v) is 4.98. The number of hydrogen-bond donors (Lipinski definition) is 1. The number of amides is 2. The average Bonchev–Trinajstić information content (AvgIpc) is 3.38. The number of anilines is 1. The fourth-order valence-corrected chi connectivity index (χ4v) is 3.57. The zero-order valence-electron chi connectivity index (χ0n) is 14.9. The number of hydrogen-bond acceptors (Lipinski definition) is 5. The molecule has 2 amide bonds. The molecule has 0 radical (unpaired) electrons. The van der Waals surface area contributed by atoms with Gasteiger partial charge in [0.2, 0.25) is 5.91 Å². The Morgan fingerprint density at radius 2 is 1.93 bits per heavy atom. The molecule has 28 heavy (non-hydrogen) atoms. The average molecular weight is 391 g/mol. The lowest BCUT2D eigenvalue weighted by Gasteiger charge is -2.21. The van der Waals surface area contributed by atoms with Crippen LogP contribution in [-0.2, 0) is 11.3 Å². The summed E-state index contributed by atoms with van der Waals surface area (Å²) in [6, 6.07) is 18.0. The predicted molar refractivity (Wildman–Crippen MR) is 108 cm³/mol. The lowest BCUT2D eigenvalue weighted by molar-refractivity contribution is -0.117. The molecule has 0 saturated carbocycles. The van der Waals surface area contributed by atoms with E-state index >= 15 is 0 Å². The van der Waals surface area contributed by atoms with Crippen LogP contribution in [0.1, 0.15) is 16.1 Å². The van der Waals surface area contributed by atoms with Gasteiger partial charge in [0.05, 0.1) is 28.5 Å². The molecule has 0 saturated heterocycles. The van der Waals surface area contributed by atoms with Crippen molar-refractivity contribution in [2.75, 3.05) is 11.9 Å². The maximum Gasteiger partial charge on any atom is 0.254 e. The van der Waals surface area contributed by atoms with Crippen LogP contribution in [-0.4, -0.2) is 28.2 Å². The van der Waals surface area contributed by atoms with Gasteiger partial charge in [-0.25, -0.2) is 4.98 Å². The second-order valence-corrected chi connectivity index (χ2v) is 7.08. The van der Waals surface area contributed by atoms with Crippen molar-refractivity contribution in [3.8, 4) is 0 Å². The molecule has 0 bridgehead atoms. The standard InChI is InChI=1S/C21H17N3O3S/c25-20(23-16-5-2-1-3-6-16)13-24(12-17-7-4-10-27-17)21(26)15-8-9-18-19(11-15)28-14-22-18/h1-11,14H,12-13H2,(H,23,25). The number of nitrogens with one attached hydrogen (secondary N) is 1. The molecule has 0 atom stereocenters. The van der Waals surface area contributed by atoms with E-state index in [4.69, 9.17) is 4.42 Å². The second kappa shape index (κ2) is 8.06. The molecule has 0 spiro atoms. The highest BCUT2D eigenvalue weighted by Crippen LogP contribution is 2.21. The molecule has 0 fully saturated rings. The van der Waals surface area contributed by atoms with Gasteiger partial charge in [-0.2, -0.15) is 0 Å². The van der Waals surface area contributed by atoms with Crippen LogP contribution in [0.4, 0.5) is 5.69 Å².